The van der Waals surface area contributed by atoms with Crippen molar-refractivity contribution < 1.29 is 14.3 Å². The highest BCUT2D eigenvalue weighted by Gasteiger charge is 2.16. The van der Waals surface area contributed by atoms with Gasteiger partial charge in [0, 0.05) is 11.8 Å². The highest BCUT2D eigenvalue weighted by Crippen LogP contribution is 2.38. The summed E-state index contributed by atoms with van der Waals surface area (Å²) in [6.45, 7) is 2.05. The lowest BCUT2D eigenvalue weighted by Crippen LogP contribution is -1.99. The molecule has 4 rings (SSSR count). The van der Waals surface area contributed by atoms with Crippen molar-refractivity contribution in [1.29, 1.82) is 0 Å². The second-order valence-corrected chi connectivity index (χ2v) is 8.00. The predicted octanol–water partition coefficient (Wildman–Crippen LogP) is 6.74. The summed E-state index contributed by atoms with van der Waals surface area (Å²) in [6.07, 6.45) is 3.03. The van der Waals surface area contributed by atoms with E-state index >= 15 is 0 Å². The Bertz CT molecular complexity index is 1310. The molecule has 0 saturated heterocycles. The minimum atomic E-state index is -0.817. The van der Waals surface area contributed by atoms with E-state index in [0.29, 0.717) is 17.9 Å². The van der Waals surface area contributed by atoms with Gasteiger partial charge in [-0.15, -0.1) is 0 Å². The van der Waals surface area contributed by atoms with Gasteiger partial charge in [-0.25, -0.2) is 4.39 Å². The van der Waals surface area contributed by atoms with E-state index in [2.05, 4.69) is 16.3 Å². The highest BCUT2D eigenvalue weighted by atomic mass is 35.5. The van der Waals surface area contributed by atoms with E-state index < -0.39 is 5.97 Å². The Morgan fingerprint density at radius 1 is 1.06 bits per heavy atom. The highest BCUT2D eigenvalue weighted by molar-refractivity contribution is 6.32. The SMILES string of the molecule is CC/C(=C(/c1ccc(CCC(=O)O)cc1)c1ccc2[nH]ncc2c1)c1ccc(F)cc1Cl. The number of hydrogen-bond donors (Lipinski definition) is 2. The fourth-order valence-corrected chi connectivity index (χ4v) is 4.22. The molecule has 0 aliphatic rings. The number of rotatable bonds is 7. The van der Waals surface area contributed by atoms with E-state index in [0.717, 1.165) is 44.3 Å². The van der Waals surface area contributed by atoms with E-state index in [-0.39, 0.29) is 12.2 Å². The Hall–Kier alpha value is -3.44. The van der Waals surface area contributed by atoms with Crippen LogP contribution in [0.4, 0.5) is 4.39 Å². The Balaban J connectivity index is 1.89. The van der Waals surface area contributed by atoms with Crippen molar-refractivity contribution in [3.8, 4) is 0 Å². The zero-order valence-electron chi connectivity index (χ0n) is 17.5. The van der Waals surface area contributed by atoms with Crippen LogP contribution in [0.15, 0.2) is 66.9 Å². The van der Waals surface area contributed by atoms with Crippen molar-refractivity contribution in [2.75, 3.05) is 0 Å². The van der Waals surface area contributed by atoms with Crippen molar-refractivity contribution in [2.45, 2.75) is 26.2 Å². The number of carbonyl (C=O) groups is 1. The fraction of sp³-hybridized carbons (Fsp3) is 0.154. The minimum Gasteiger partial charge on any atom is -0.481 e. The van der Waals surface area contributed by atoms with E-state index in [1.54, 1.807) is 12.3 Å². The first kappa shape index (κ1) is 21.8. The van der Waals surface area contributed by atoms with Gasteiger partial charge in [0.05, 0.1) is 16.7 Å². The summed E-state index contributed by atoms with van der Waals surface area (Å²) in [5.41, 5.74) is 6.64. The molecule has 0 spiro atoms. The van der Waals surface area contributed by atoms with Crippen LogP contribution < -0.4 is 0 Å². The number of benzene rings is 3. The van der Waals surface area contributed by atoms with Gasteiger partial charge in [0.15, 0.2) is 0 Å². The van der Waals surface area contributed by atoms with Crippen molar-refractivity contribution in [3.05, 3.63) is 100.0 Å². The molecule has 0 radical (unpaired) electrons. The molecular weight excluding hydrogens is 427 g/mol. The maximum Gasteiger partial charge on any atom is 0.303 e. The Labute approximate surface area is 190 Å². The zero-order valence-corrected chi connectivity index (χ0v) is 18.3. The maximum absolute atomic E-state index is 13.7. The van der Waals surface area contributed by atoms with E-state index in [1.807, 2.05) is 43.3 Å². The number of allylic oxidation sites excluding steroid dienone is 1. The Kier molecular flexibility index (Phi) is 6.37. The summed E-state index contributed by atoms with van der Waals surface area (Å²) in [7, 11) is 0. The van der Waals surface area contributed by atoms with Crippen LogP contribution in [0.5, 0.6) is 0 Å². The molecule has 6 heteroatoms. The molecule has 1 aromatic heterocycles. The monoisotopic (exact) mass is 448 g/mol. The molecule has 4 nitrogen and oxygen atoms in total. The number of aryl methyl sites for hydroxylation is 1. The molecule has 32 heavy (non-hydrogen) atoms. The number of H-pyrrole nitrogens is 1. The largest absolute Gasteiger partial charge is 0.481 e. The average Bonchev–Trinajstić information content (AvgIpc) is 3.25. The number of fused-ring (bicyclic) bond motifs is 1. The molecule has 0 aliphatic heterocycles. The molecule has 162 valence electrons. The molecular formula is C26H22ClFN2O2. The van der Waals surface area contributed by atoms with Gasteiger partial charge in [0.2, 0.25) is 0 Å². The first-order chi connectivity index (χ1) is 15.5. The molecule has 0 amide bonds. The normalized spacial score (nSPS) is 12.1. The predicted molar refractivity (Wildman–Crippen MR) is 126 cm³/mol. The van der Waals surface area contributed by atoms with E-state index in [9.17, 15) is 9.18 Å². The van der Waals surface area contributed by atoms with Gasteiger partial charge < -0.3 is 5.11 Å². The number of carboxylic acid groups (broad SMARTS) is 1. The molecule has 0 saturated carbocycles. The summed E-state index contributed by atoms with van der Waals surface area (Å²) in [5, 5.41) is 17.4. The summed E-state index contributed by atoms with van der Waals surface area (Å²) >= 11 is 6.45. The minimum absolute atomic E-state index is 0.0879. The second kappa shape index (κ2) is 9.37. The van der Waals surface area contributed by atoms with Gasteiger partial charge in [-0.2, -0.15) is 5.10 Å². The lowest BCUT2D eigenvalue weighted by molar-refractivity contribution is -0.136. The lowest BCUT2D eigenvalue weighted by Gasteiger charge is -2.18. The number of nitrogens with one attached hydrogen (secondary N) is 1. The van der Waals surface area contributed by atoms with Crippen LogP contribution in [0, 0.1) is 5.82 Å². The van der Waals surface area contributed by atoms with Crippen LogP contribution in [0.3, 0.4) is 0 Å². The van der Waals surface area contributed by atoms with E-state index in [4.69, 9.17) is 16.7 Å². The number of carboxylic acids is 1. The fourth-order valence-electron chi connectivity index (χ4n) is 3.94. The summed E-state index contributed by atoms with van der Waals surface area (Å²) in [4.78, 5) is 10.9. The van der Waals surface area contributed by atoms with Gasteiger partial charge >= 0.3 is 5.97 Å². The molecule has 0 unspecified atom stereocenters. The smallest absolute Gasteiger partial charge is 0.303 e. The first-order valence-corrected chi connectivity index (χ1v) is 10.8. The first-order valence-electron chi connectivity index (χ1n) is 10.4. The summed E-state index contributed by atoms with van der Waals surface area (Å²) in [6, 6.07) is 18.5. The molecule has 0 fully saturated rings. The van der Waals surface area contributed by atoms with Gasteiger partial charge in [0.25, 0.3) is 0 Å². The van der Waals surface area contributed by atoms with Crippen LogP contribution in [0.25, 0.3) is 22.0 Å². The lowest BCUT2D eigenvalue weighted by atomic mass is 9.87. The molecule has 0 bridgehead atoms. The third kappa shape index (κ3) is 4.58. The average molecular weight is 449 g/mol. The molecule has 4 aromatic rings. The third-order valence-electron chi connectivity index (χ3n) is 5.51. The van der Waals surface area contributed by atoms with Crippen LogP contribution in [-0.2, 0) is 11.2 Å². The van der Waals surface area contributed by atoms with E-state index in [1.165, 1.54) is 12.1 Å². The van der Waals surface area contributed by atoms with Crippen molar-refractivity contribution in [1.82, 2.24) is 10.2 Å². The van der Waals surface area contributed by atoms with Gasteiger partial charge in [-0.3, -0.25) is 9.89 Å². The van der Waals surface area contributed by atoms with Crippen LogP contribution in [0.1, 0.15) is 42.0 Å². The van der Waals surface area contributed by atoms with Crippen LogP contribution >= 0.6 is 11.6 Å². The number of halogens is 2. The number of hydrogen-bond acceptors (Lipinski definition) is 2. The van der Waals surface area contributed by atoms with Gasteiger partial charge in [-0.1, -0.05) is 54.9 Å². The van der Waals surface area contributed by atoms with Crippen molar-refractivity contribution >= 4 is 39.6 Å². The quantitative estimate of drug-likeness (QED) is 0.307. The molecule has 0 atom stereocenters. The van der Waals surface area contributed by atoms with Crippen molar-refractivity contribution in [2.24, 2.45) is 0 Å². The second-order valence-electron chi connectivity index (χ2n) is 7.59. The third-order valence-corrected chi connectivity index (χ3v) is 5.82. The van der Waals surface area contributed by atoms with Crippen molar-refractivity contribution in [3.63, 3.8) is 0 Å². The topological polar surface area (TPSA) is 66.0 Å². The zero-order chi connectivity index (χ0) is 22.7. The van der Waals surface area contributed by atoms with Crippen LogP contribution in [0.2, 0.25) is 5.02 Å². The molecule has 3 aromatic carbocycles. The van der Waals surface area contributed by atoms with Gasteiger partial charge in [0.1, 0.15) is 5.82 Å². The number of nitrogens with zero attached hydrogens (tertiary/aromatic N) is 1. The molecule has 0 aliphatic carbocycles. The summed E-state index contributed by atoms with van der Waals surface area (Å²) in [5.74, 6) is -1.19. The van der Waals surface area contributed by atoms with Gasteiger partial charge in [-0.05, 0) is 70.5 Å². The van der Waals surface area contributed by atoms with Crippen LogP contribution in [-0.4, -0.2) is 21.3 Å². The Morgan fingerprint density at radius 2 is 1.81 bits per heavy atom. The molecule has 2 N–H and O–H groups in total. The number of aromatic amines is 1. The summed E-state index contributed by atoms with van der Waals surface area (Å²) < 4.78 is 13.7. The maximum atomic E-state index is 13.7. The number of aliphatic carboxylic acids is 1. The standard InChI is InChI=1S/C26H22ClFN2O2/c1-2-21(22-10-9-20(28)14-23(22)27)26(18-8-11-24-19(13-18)15-29-30-24)17-6-3-16(4-7-17)5-12-25(31)32/h3-4,6-11,13-15H,2,5,12H2,1H3,(H,29,30)(H,31,32)/b26-21+. The number of aromatic nitrogens is 2. The Morgan fingerprint density at radius 3 is 2.50 bits per heavy atom. The molecule has 1 heterocycles.